The van der Waals surface area contributed by atoms with Gasteiger partial charge in [-0.1, -0.05) is 12.2 Å². The van der Waals surface area contributed by atoms with Gasteiger partial charge in [0.15, 0.2) is 0 Å². The summed E-state index contributed by atoms with van der Waals surface area (Å²) in [5.74, 6) is 1.25. The third-order valence-electron chi connectivity index (χ3n) is 3.79. The van der Waals surface area contributed by atoms with E-state index in [1.165, 1.54) is 0 Å². The number of anilines is 1. The van der Waals surface area contributed by atoms with Gasteiger partial charge in [0.05, 0.1) is 12.2 Å². The zero-order valence-electron chi connectivity index (χ0n) is 13.5. The Morgan fingerprint density at radius 2 is 2.36 bits per heavy atom. The monoisotopic (exact) mass is 303 g/mol. The van der Waals surface area contributed by atoms with Gasteiger partial charge in [-0.05, 0) is 37.8 Å². The lowest BCUT2D eigenvalue weighted by atomic mass is 9.98. The summed E-state index contributed by atoms with van der Waals surface area (Å²) in [5, 5.41) is 3.16. The van der Waals surface area contributed by atoms with Crippen LogP contribution < -0.4 is 5.32 Å². The lowest BCUT2D eigenvalue weighted by molar-refractivity contribution is 0.0570. The maximum absolute atomic E-state index is 12.5. The van der Waals surface area contributed by atoms with E-state index in [0.29, 0.717) is 24.6 Å². The van der Waals surface area contributed by atoms with Crippen molar-refractivity contribution in [1.82, 2.24) is 9.88 Å². The minimum absolute atomic E-state index is 0.0553. The van der Waals surface area contributed by atoms with Crippen molar-refractivity contribution in [3.05, 3.63) is 36.0 Å². The summed E-state index contributed by atoms with van der Waals surface area (Å²) in [7, 11) is 1.71. The van der Waals surface area contributed by atoms with Crippen molar-refractivity contribution in [1.29, 1.82) is 0 Å². The molecule has 1 saturated heterocycles. The molecule has 2 rings (SSSR count). The second kappa shape index (κ2) is 7.94. The predicted octanol–water partition coefficient (Wildman–Crippen LogP) is 2.57. The lowest BCUT2D eigenvalue weighted by Crippen LogP contribution is -2.41. The van der Waals surface area contributed by atoms with Crippen LogP contribution >= 0.6 is 0 Å². The Bertz CT molecular complexity index is 511. The maximum Gasteiger partial charge on any atom is 0.255 e. The molecule has 0 spiro atoms. The number of nitrogens with zero attached hydrogens (tertiary/aromatic N) is 2. The number of carbonyl (C=O) groups is 1. The van der Waals surface area contributed by atoms with Crippen LogP contribution in [0.2, 0.25) is 0 Å². The third kappa shape index (κ3) is 4.56. The number of amides is 1. The number of nitrogens with one attached hydrogen (secondary N) is 1. The lowest BCUT2D eigenvalue weighted by Gasteiger charge is -2.32. The number of carbonyl (C=O) groups excluding carboxylic acids is 1. The Balaban J connectivity index is 1.95. The number of aromatic nitrogens is 1. The Morgan fingerprint density at radius 1 is 1.55 bits per heavy atom. The van der Waals surface area contributed by atoms with Gasteiger partial charge in [-0.25, -0.2) is 4.98 Å². The summed E-state index contributed by atoms with van der Waals surface area (Å²) < 4.78 is 5.21. The summed E-state index contributed by atoms with van der Waals surface area (Å²) in [5.41, 5.74) is 1.68. The van der Waals surface area contributed by atoms with Crippen LogP contribution in [-0.4, -0.2) is 49.1 Å². The number of hydrogen-bond donors (Lipinski definition) is 1. The minimum atomic E-state index is 0.0553. The van der Waals surface area contributed by atoms with Crippen LogP contribution in [0.1, 0.15) is 30.1 Å². The van der Waals surface area contributed by atoms with Gasteiger partial charge >= 0.3 is 0 Å². The maximum atomic E-state index is 12.5. The molecule has 0 radical (unpaired) electrons. The molecule has 0 aliphatic carbocycles. The average molecular weight is 303 g/mol. The molecule has 1 unspecified atom stereocenters. The molecule has 0 saturated carbocycles. The highest BCUT2D eigenvalue weighted by Crippen LogP contribution is 2.19. The van der Waals surface area contributed by atoms with Crippen molar-refractivity contribution in [2.75, 3.05) is 38.7 Å². The molecule has 1 aromatic rings. The molecule has 1 aliphatic rings. The molecule has 0 bridgehead atoms. The van der Waals surface area contributed by atoms with E-state index < -0.39 is 0 Å². The summed E-state index contributed by atoms with van der Waals surface area (Å²) >= 11 is 0. The molecule has 1 N–H and O–H groups in total. The van der Waals surface area contributed by atoms with Crippen molar-refractivity contribution < 1.29 is 9.53 Å². The highest BCUT2D eigenvalue weighted by molar-refractivity contribution is 5.94. The standard InChI is InChI=1S/C17H25N3O2/c1-13(2)9-18-16-7-6-15(10-19-16)17(21)20-8-4-5-14(11-20)12-22-3/h6-7,10,14H,1,4-5,8-9,11-12H2,2-3H3,(H,18,19). The molecule has 1 atom stereocenters. The van der Waals surface area contributed by atoms with Crippen LogP contribution in [0.3, 0.4) is 0 Å². The first kappa shape index (κ1) is 16.5. The van der Waals surface area contributed by atoms with E-state index in [-0.39, 0.29) is 5.91 Å². The van der Waals surface area contributed by atoms with Crippen LogP contribution in [0.5, 0.6) is 0 Å². The van der Waals surface area contributed by atoms with Gasteiger partial charge in [0.2, 0.25) is 0 Å². The van der Waals surface area contributed by atoms with E-state index in [9.17, 15) is 4.79 Å². The molecule has 22 heavy (non-hydrogen) atoms. The van der Waals surface area contributed by atoms with Gasteiger partial charge in [0.25, 0.3) is 5.91 Å². The Kier molecular flexibility index (Phi) is 5.95. The van der Waals surface area contributed by atoms with Crippen molar-refractivity contribution in [2.45, 2.75) is 19.8 Å². The van der Waals surface area contributed by atoms with Crippen LogP contribution in [0.4, 0.5) is 5.82 Å². The fourth-order valence-corrected chi connectivity index (χ4v) is 2.67. The van der Waals surface area contributed by atoms with Crippen molar-refractivity contribution in [2.24, 2.45) is 5.92 Å². The van der Waals surface area contributed by atoms with Gasteiger partial charge in [-0.3, -0.25) is 4.79 Å². The van der Waals surface area contributed by atoms with Crippen LogP contribution in [0.25, 0.3) is 0 Å². The molecule has 0 aromatic carbocycles. The number of likely N-dealkylation sites (tertiary alicyclic amines) is 1. The number of ether oxygens (including phenoxy) is 1. The summed E-state index contributed by atoms with van der Waals surface area (Å²) in [6, 6.07) is 3.67. The Hall–Kier alpha value is -1.88. The van der Waals surface area contributed by atoms with E-state index in [4.69, 9.17) is 4.74 Å². The molecule has 120 valence electrons. The molecule has 1 fully saturated rings. The fraction of sp³-hybridized carbons (Fsp3) is 0.529. The minimum Gasteiger partial charge on any atom is -0.384 e. The largest absolute Gasteiger partial charge is 0.384 e. The van der Waals surface area contributed by atoms with Gasteiger partial charge in [-0.15, -0.1) is 0 Å². The van der Waals surface area contributed by atoms with E-state index in [1.807, 2.05) is 24.0 Å². The molecule has 5 nitrogen and oxygen atoms in total. The first-order valence-corrected chi connectivity index (χ1v) is 7.72. The highest BCUT2D eigenvalue weighted by atomic mass is 16.5. The molecule has 1 amide bonds. The molecule has 1 aromatic heterocycles. The number of methoxy groups -OCH3 is 1. The van der Waals surface area contributed by atoms with E-state index in [0.717, 1.165) is 37.3 Å². The zero-order chi connectivity index (χ0) is 15.9. The molecule has 1 aliphatic heterocycles. The van der Waals surface area contributed by atoms with E-state index in [1.54, 1.807) is 13.3 Å². The molecule has 5 heteroatoms. The van der Waals surface area contributed by atoms with Crippen molar-refractivity contribution in [3.63, 3.8) is 0 Å². The number of pyridine rings is 1. The summed E-state index contributed by atoms with van der Waals surface area (Å²) in [6.45, 7) is 8.77. The topological polar surface area (TPSA) is 54.5 Å². The van der Waals surface area contributed by atoms with Crippen molar-refractivity contribution >= 4 is 11.7 Å². The van der Waals surface area contributed by atoms with E-state index in [2.05, 4.69) is 16.9 Å². The first-order valence-electron chi connectivity index (χ1n) is 7.72. The van der Waals surface area contributed by atoms with Gasteiger partial charge in [-0.2, -0.15) is 0 Å². The van der Waals surface area contributed by atoms with Crippen LogP contribution in [-0.2, 0) is 4.74 Å². The van der Waals surface area contributed by atoms with Gasteiger partial charge < -0.3 is 15.0 Å². The summed E-state index contributed by atoms with van der Waals surface area (Å²) in [6.07, 6.45) is 3.80. The second-order valence-electron chi connectivity index (χ2n) is 5.96. The Morgan fingerprint density at radius 3 is 3.00 bits per heavy atom. The molecular weight excluding hydrogens is 278 g/mol. The van der Waals surface area contributed by atoms with Crippen LogP contribution in [0.15, 0.2) is 30.5 Å². The van der Waals surface area contributed by atoms with Crippen LogP contribution in [0, 0.1) is 5.92 Å². The average Bonchev–Trinajstić information content (AvgIpc) is 2.53. The smallest absolute Gasteiger partial charge is 0.255 e. The number of piperidine rings is 1. The zero-order valence-corrected chi connectivity index (χ0v) is 13.5. The van der Waals surface area contributed by atoms with Crippen molar-refractivity contribution in [3.8, 4) is 0 Å². The number of rotatable bonds is 6. The normalized spacial score (nSPS) is 18.1. The third-order valence-corrected chi connectivity index (χ3v) is 3.79. The Labute approximate surface area is 132 Å². The first-order chi connectivity index (χ1) is 10.6. The number of hydrogen-bond acceptors (Lipinski definition) is 4. The highest BCUT2D eigenvalue weighted by Gasteiger charge is 2.24. The fourth-order valence-electron chi connectivity index (χ4n) is 2.67. The summed E-state index contributed by atoms with van der Waals surface area (Å²) in [4.78, 5) is 18.7. The second-order valence-corrected chi connectivity index (χ2v) is 5.96. The SMILES string of the molecule is C=C(C)CNc1ccc(C(=O)N2CCCC(COC)C2)cn1. The van der Waals surface area contributed by atoms with Gasteiger partial charge in [0.1, 0.15) is 5.82 Å². The van der Waals surface area contributed by atoms with Gasteiger partial charge in [0, 0.05) is 32.9 Å². The predicted molar refractivity (Wildman–Crippen MR) is 88.0 cm³/mol. The molecular formula is C17H25N3O2. The van der Waals surface area contributed by atoms with E-state index >= 15 is 0 Å². The molecule has 2 heterocycles. The quantitative estimate of drug-likeness (QED) is 0.821.